The Bertz CT molecular complexity index is 930. The van der Waals surface area contributed by atoms with Crippen molar-refractivity contribution in [2.75, 3.05) is 5.32 Å². The minimum absolute atomic E-state index is 0.111. The number of halogens is 1. The van der Waals surface area contributed by atoms with E-state index in [1.807, 2.05) is 74.0 Å². The van der Waals surface area contributed by atoms with Gasteiger partial charge in [-0.2, -0.15) is 5.10 Å². The third kappa shape index (κ3) is 4.17. The van der Waals surface area contributed by atoms with Crippen molar-refractivity contribution in [2.45, 2.75) is 27.3 Å². The lowest BCUT2D eigenvalue weighted by atomic mass is 10.1. The van der Waals surface area contributed by atoms with Gasteiger partial charge in [0.05, 0.1) is 12.2 Å². The number of hydrogen-bond acceptors (Lipinski definition) is 2. The predicted molar refractivity (Wildman–Crippen MR) is 104 cm³/mol. The Kier molecular flexibility index (Phi) is 5.04. The van der Waals surface area contributed by atoms with E-state index in [2.05, 4.69) is 26.3 Å². The summed E-state index contributed by atoms with van der Waals surface area (Å²) >= 11 is 3.44. The summed E-state index contributed by atoms with van der Waals surface area (Å²) in [6, 6.07) is 15.5. The van der Waals surface area contributed by atoms with Crippen LogP contribution in [-0.4, -0.2) is 15.7 Å². The van der Waals surface area contributed by atoms with E-state index in [4.69, 9.17) is 0 Å². The minimum Gasteiger partial charge on any atom is -0.322 e. The number of aromatic nitrogens is 2. The van der Waals surface area contributed by atoms with Crippen molar-refractivity contribution in [3.8, 4) is 0 Å². The van der Waals surface area contributed by atoms with Gasteiger partial charge in [-0.1, -0.05) is 28.1 Å². The number of hydrogen-bond donors (Lipinski definition) is 1. The van der Waals surface area contributed by atoms with Gasteiger partial charge in [-0.05, 0) is 68.3 Å². The van der Waals surface area contributed by atoms with Crippen molar-refractivity contribution in [2.24, 2.45) is 0 Å². The maximum absolute atomic E-state index is 12.6. The fourth-order valence-electron chi connectivity index (χ4n) is 2.78. The van der Waals surface area contributed by atoms with Crippen molar-refractivity contribution in [1.82, 2.24) is 9.78 Å². The lowest BCUT2D eigenvalue weighted by Crippen LogP contribution is -2.13. The maximum atomic E-state index is 12.6. The quantitative estimate of drug-likeness (QED) is 0.682. The molecule has 0 bridgehead atoms. The second-order valence-electron chi connectivity index (χ2n) is 6.20. The van der Waals surface area contributed by atoms with Crippen LogP contribution in [0.25, 0.3) is 0 Å². The first-order valence-corrected chi connectivity index (χ1v) is 8.89. The van der Waals surface area contributed by atoms with E-state index in [0.29, 0.717) is 12.1 Å². The zero-order valence-corrected chi connectivity index (χ0v) is 16.1. The number of carbonyl (C=O) groups is 1. The number of amides is 1. The van der Waals surface area contributed by atoms with Crippen LogP contribution in [0, 0.1) is 20.8 Å². The van der Waals surface area contributed by atoms with Gasteiger partial charge in [0.1, 0.15) is 0 Å². The van der Waals surface area contributed by atoms with Gasteiger partial charge in [0.2, 0.25) is 0 Å². The Labute approximate surface area is 156 Å². The third-order valence-corrected chi connectivity index (χ3v) is 4.55. The molecule has 5 heteroatoms. The number of carbonyl (C=O) groups excluding carboxylic acids is 1. The summed E-state index contributed by atoms with van der Waals surface area (Å²) in [5, 5.41) is 7.46. The summed E-state index contributed by atoms with van der Waals surface area (Å²) in [5.74, 6) is -0.111. The summed E-state index contributed by atoms with van der Waals surface area (Å²) in [6.45, 7) is 6.64. The molecule has 0 aliphatic rings. The van der Waals surface area contributed by atoms with Gasteiger partial charge in [-0.3, -0.25) is 9.48 Å². The molecule has 1 aromatic heterocycles. The molecule has 0 unspecified atom stereocenters. The van der Waals surface area contributed by atoms with Crippen LogP contribution >= 0.6 is 15.9 Å². The molecule has 1 N–H and O–H groups in total. The summed E-state index contributed by atoms with van der Waals surface area (Å²) < 4.78 is 2.94. The second-order valence-corrected chi connectivity index (χ2v) is 7.11. The summed E-state index contributed by atoms with van der Waals surface area (Å²) in [7, 11) is 0. The third-order valence-electron chi connectivity index (χ3n) is 4.06. The van der Waals surface area contributed by atoms with E-state index in [0.717, 1.165) is 32.7 Å². The van der Waals surface area contributed by atoms with Gasteiger partial charge in [0, 0.05) is 21.4 Å². The van der Waals surface area contributed by atoms with Crippen LogP contribution in [0.2, 0.25) is 0 Å². The average Bonchev–Trinajstić information content (AvgIpc) is 2.87. The molecule has 1 heterocycles. The van der Waals surface area contributed by atoms with Crippen LogP contribution in [-0.2, 0) is 6.54 Å². The van der Waals surface area contributed by atoms with Crippen LogP contribution in [0.5, 0.6) is 0 Å². The average molecular weight is 398 g/mol. The summed E-state index contributed by atoms with van der Waals surface area (Å²) in [4.78, 5) is 12.6. The lowest BCUT2D eigenvalue weighted by molar-refractivity contribution is 0.102. The zero-order chi connectivity index (χ0) is 18.0. The summed E-state index contributed by atoms with van der Waals surface area (Å²) in [6.07, 6.45) is 0. The second kappa shape index (κ2) is 7.23. The Morgan fingerprint density at radius 1 is 1.12 bits per heavy atom. The highest BCUT2D eigenvalue weighted by molar-refractivity contribution is 9.10. The van der Waals surface area contributed by atoms with Crippen molar-refractivity contribution < 1.29 is 4.79 Å². The first kappa shape index (κ1) is 17.4. The van der Waals surface area contributed by atoms with Gasteiger partial charge in [0.15, 0.2) is 0 Å². The van der Waals surface area contributed by atoms with E-state index in [-0.39, 0.29) is 5.91 Å². The van der Waals surface area contributed by atoms with Crippen LogP contribution in [0.1, 0.15) is 32.9 Å². The Balaban J connectivity index is 1.78. The molecule has 0 fully saturated rings. The highest BCUT2D eigenvalue weighted by Crippen LogP contribution is 2.21. The topological polar surface area (TPSA) is 46.9 Å². The molecule has 2 aromatic carbocycles. The first-order valence-electron chi connectivity index (χ1n) is 8.10. The van der Waals surface area contributed by atoms with Gasteiger partial charge in [-0.25, -0.2) is 0 Å². The minimum atomic E-state index is -0.111. The normalized spacial score (nSPS) is 10.7. The number of aryl methyl sites for hydroxylation is 3. The molecule has 128 valence electrons. The van der Waals surface area contributed by atoms with E-state index in [1.54, 1.807) is 0 Å². The van der Waals surface area contributed by atoms with Crippen molar-refractivity contribution >= 4 is 27.5 Å². The van der Waals surface area contributed by atoms with Crippen molar-refractivity contribution in [3.63, 3.8) is 0 Å². The smallest absolute Gasteiger partial charge is 0.255 e. The fraction of sp³-hybridized carbons (Fsp3) is 0.200. The van der Waals surface area contributed by atoms with Gasteiger partial charge in [-0.15, -0.1) is 0 Å². The molecule has 1 amide bonds. The fourth-order valence-corrected chi connectivity index (χ4v) is 3.26. The monoisotopic (exact) mass is 397 g/mol. The number of nitrogens with zero attached hydrogens (tertiary/aromatic N) is 2. The van der Waals surface area contributed by atoms with Crippen molar-refractivity contribution in [3.05, 3.63) is 81.1 Å². The number of nitrogens with one attached hydrogen (secondary N) is 1. The molecule has 25 heavy (non-hydrogen) atoms. The predicted octanol–water partition coefficient (Wildman–Crippen LogP) is 4.87. The molecule has 0 radical (unpaired) electrons. The van der Waals surface area contributed by atoms with Gasteiger partial charge < -0.3 is 5.32 Å². The highest BCUT2D eigenvalue weighted by atomic mass is 79.9. The molecular formula is C20H20BrN3O. The Hall–Kier alpha value is -2.40. The summed E-state index contributed by atoms with van der Waals surface area (Å²) in [5.41, 5.74) is 5.63. The van der Waals surface area contributed by atoms with Crippen LogP contribution in [0.4, 0.5) is 5.69 Å². The van der Waals surface area contributed by atoms with E-state index >= 15 is 0 Å². The van der Waals surface area contributed by atoms with Crippen LogP contribution in [0.3, 0.4) is 0 Å². The van der Waals surface area contributed by atoms with Crippen LogP contribution < -0.4 is 5.32 Å². The SMILES string of the molecule is Cc1cc(C)n(Cc2cccc(C(=O)Nc3ccc(Br)cc3C)c2)n1. The maximum Gasteiger partial charge on any atom is 0.255 e. The number of anilines is 1. The molecule has 0 saturated heterocycles. The molecule has 0 aliphatic heterocycles. The highest BCUT2D eigenvalue weighted by Gasteiger charge is 2.10. The van der Waals surface area contributed by atoms with E-state index in [1.165, 1.54) is 0 Å². The van der Waals surface area contributed by atoms with Gasteiger partial charge >= 0.3 is 0 Å². The van der Waals surface area contributed by atoms with Crippen LogP contribution in [0.15, 0.2) is 53.0 Å². The molecule has 0 spiro atoms. The molecule has 0 aliphatic carbocycles. The molecule has 0 atom stereocenters. The Morgan fingerprint density at radius 2 is 1.92 bits per heavy atom. The molecule has 3 rings (SSSR count). The van der Waals surface area contributed by atoms with E-state index < -0.39 is 0 Å². The molecular weight excluding hydrogens is 378 g/mol. The van der Waals surface area contributed by atoms with Crippen molar-refractivity contribution in [1.29, 1.82) is 0 Å². The van der Waals surface area contributed by atoms with E-state index in [9.17, 15) is 4.79 Å². The Morgan fingerprint density at radius 3 is 2.60 bits per heavy atom. The number of benzene rings is 2. The number of rotatable bonds is 4. The first-order chi connectivity index (χ1) is 11.9. The molecule has 3 aromatic rings. The largest absolute Gasteiger partial charge is 0.322 e. The molecule has 4 nitrogen and oxygen atoms in total. The lowest BCUT2D eigenvalue weighted by Gasteiger charge is -2.10. The van der Waals surface area contributed by atoms with Gasteiger partial charge in [0.25, 0.3) is 5.91 Å². The molecule has 0 saturated carbocycles. The standard InChI is InChI=1S/C20H20BrN3O/c1-13-9-18(21)7-8-19(13)22-20(25)17-6-4-5-16(11-17)12-24-15(3)10-14(2)23-24/h4-11H,12H2,1-3H3,(H,22,25). The zero-order valence-electron chi connectivity index (χ0n) is 14.5.